The van der Waals surface area contributed by atoms with Crippen molar-refractivity contribution in [3.05, 3.63) is 0 Å². The van der Waals surface area contributed by atoms with Crippen LogP contribution in [-0.2, 0) is 4.79 Å². The van der Waals surface area contributed by atoms with E-state index in [1.165, 1.54) is 25.7 Å². The largest absolute Gasteiger partial charge is 0.312 e. The van der Waals surface area contributed by atoms with Gasteiger partial charge in [0.15, 0.2) is 0 Å². The van der Waals surface area contributed by atoms with E-state index in [4.69, 9.17) is 0 Å². The van der Waals surface area contributed by atoms with Crippen LogP contribution >= 0.6 is 0 Å². The molecule has 2 heteroatoms. The topological polar surface area (TPSA) is 29.1 Å². The SMILES string of the molecule is CC(C)(C)NCCC(=O)CC1CC2CCC1C2. The molecule has 2 rings (SSSR count). The van der Waals surface area contributed by atoms with Gasteiger partial charge in [0.1, 0.15) is 5.78 Å². The van der Waals surface area contributed by atoms with Crippen LogP contribution in [0.3, 0.4) is 0 Å². The Bertz CT molecular complexity index is 279. The van der Waals surface area contributed by atoms with Crippen molar-refractivity contribution in [3.8, 4) is 0 Å². The highest BCUT2D eigenvalue weighted by Crippen LogP contribution is 2.49. The van der Waals surface area contributed by atoms with E-state index in [1.807, 2.05) is 0 Å². The van der Waals surface area contributed by atoms with Crippen molar-refractivity contribution >= 4 is 5.78 Å². The lowest BCUT2D eigenvalue weighted by atomic mass is 9.85. The minimum atomic E-state index is 0.132. The second-order valence-electron chi connectivity index (χ2n) is 7.10. The number of carbonyl (C=O) groups excluding carboxylic acids is 1. The summed E-state index contributed by atoms with van der Waals surface area (Å²) in [5, 5.41) is 3.39. The number of carbonyl (C=O) groups is 1. The molecule has 0 saturated heterocycles. The van der Waals surface area contributed by atoms with E-state index >= 15 is 0 Å². The Morgan fingerprint density at radius 1 is 1.24 bits per heavy atom. The summed E-state index contributed by atoms with van der Waals surface area (Å²) in [4.78, 5) is 11.9. The Hall–Kier alpha value is -0.370. The smallest absolute Gasteiger partial charge is 0.134 e. The fourth-order valence-corrected chi connectivity index (χ4v) is 3.60. The van der Waals surface area contributed by atoms with Crippen LogP contribution in [0.5, 0.6) is 0 Å². The molecule has 0 aliphatic heterocycles. The van der Waals surface area contributed by atoms with Crippen molar-refractivity contribution in [3.63, 3.8) is 0 Å². The van der Waals surface area contributed by atoms with Gasteiger partial charge < -0.3 is 5.32 Å². The van der Waals surface area contributed by atoms with Crippen molar-refractivity contribution in [2.45, 2.75) is 64.8 Å². The molecule has 0 spiro atoms. The minimum Gasteiger partial charge on any atom is -0.312 e. The van der Waals surface area contributed by atoms with E-state index in [0.29, 0.717) is 12.2 Å². The summed E-state index contributed by atoms with van der Waals surface area (Å²) in [7, 11) is 0. The molecule has 1 N–H and O–H groups in total. The van der Waals surface area contributed by atoms with E-state index < -0.39 is 0 Å². The Kier molecular flexibility index (Phi) is 3.92. The van der Waals surface area contributed by atoms with Gasteiger partial charge in [-0.05, 0) is 57.8 Å². The van der Waals surface area contributed by atoms with Crippen molar-refractivity contribution < 1.29 is 4.79 Å². The first-order valence-corrected chi connectivity index (χ1v) is 7.21. The second-order valence-corrected chi connectivity index (χ2v) is 7.10. The summed E-state index contributed by atoms with van der Waals surface area (Å²) in [5.41, 5.74) is 0.132. The highest BCUT2D eigenvalue weighted by atomic mass is 16.1. The molecule has 0 aromatic carbocycles. The van der Waals surface area contributed by atoms with E-state index in [-0.39, 0.29) is 5.54 Å². The highest BCUT2D eigenvalue weighted by molar-refractivity contribution is 5.78. The quantitative estimate of drug-likeness (QED) is 0.796. The summed E-state index contributed by atoms with van der Waals surface area (Å²) in [6.45, 7) is 7.28. The molecule has 3 atom stereocenters. The van der Waals surface area contributed by atoms with Gasteiger partial charge in [0.2, 0.25) is 0 Å². The zero-order valence-corrected chi connectivity index (χ0v) is 11.6. The first-order valence-electron chi connectivity index (χ1n) is 7.21. The van der Waals surface area contributed by atoms with Crippen molar-refractivity contribution in [2.24, 2.45) is 17.8 Å². The van der Waals surface area contributed by atoms with Crippen LogP contribution in [0.2, 0.25) is 0 Å². The Balaban J connectivity index is 1.64. The number of hydrogen-bond donors (Lipinski definition) is 1. The molecule has 2 saturated carbocycles. The lowest BCUT2D eigenvalue weighted by Crippen LogP contribution is -2.37. The zero-order chi connectivity index (χ0) is 12.5. The zero-order valence-electron chi connectivity index (χ0n) is 11.6. The molecule has 2 aliphatic carbocycles. The third kappa shape index (κ3) is 3.80. The fraction of sp³-hybridized carbons (Fsp3) is 0.933. The number of nitrogens with one attached hydrogen (secondary N) is 1. The Morgan fingerprint density at radius 2 is 2.00 bits per heavy atom. The molecular formula is C15H27NO. The van der Waals surface area contributed by atoms with Gasteiger partial charge in [-0.15, -0.1) is 0 Å². The van der Waals surface area contributed by atoms with E-state index in [2.05, 4.69) is 26.1 Å². The minimum absolute atomic E-state index is 0.132. The first kappa shape index (κ1) is 13.1. The molecule has 0 heterocycles. The summed E-state index contributed by atoms with van der Waals surface area (Å²) in [6.07, 6.45) is 7.14. The maximum atomic E-state index is 11.9. The summed E-state index contributed by atoms with van der Waals surface area (Å²) in [5.74, 6) is 3.06. The second kappa shape index (κ2) is 5.09. The fourth-order valence-electron chi connectivity index (χ4n) is 3.60. The average molecular weight is 237 g/mol. The lowest BCUT2D eigenvalue weighted by Gasteiger charge is -2.22. The third-order valence-electron chi connectivity index (χ3n) is 4.43. The number of ketones is 1. The molecule has 0 aromatic heterocycles. The van der Waals surface area contributed by atoms with Crippen LogP contribution in [0, 0.1) is 17.8 Å². The number of rotatable bonds is 5. The van der Waals surface area contributed by atoms with Gasteiger partial charge in [-0.25, -0.2) is 0 Å². The van der Waals surface area contributed by atoms with Gasteiger partial charge >= 0.3 is 0 Å². The standard InChI is InChI=1S/C15H27NO/c1-15(2,3)16-7-6-14(17)10-13-9-11-4-5-12(13)8-11/h11-13,16H,4-10H2,1-3H3. The molecule has 17 heavy (non-hydrogen) atoms. The molecule has 3 unspecified atom stereocenters. The van der Waals surface area contributed by atoms with Crippen LogP contribution < -0.4 is 5.32 Å². The summed E-state index contributed by atoms with van der Waals surface area (Å²) >= 11 is 0. The summed E-state index contributed by atoms with van der Waals surface area (Å²) in [6, 6.07) is 0. The molecule has 2 aliphatic rings. The van der Waals surface area contributed by atoms with Gasteiger partial charge in [-0.2, -0.15) is 0 Å². The van der Waals surface area contributed by atoms with Gasteiger partial charge in [0, 0.05) is 24.9 Å². The van der Waals surface area contributed by atoms with Crippen LogP contribution in [0.1, 0.15) is 59.3 Å². The monoisotopic (exact) mass is 237 g/mol. The number of hydrogen-bond acceptors (Lipinski definition) is 2. The predicted molar refractivity (Wildman–Crippen MR) is 70.9 cm³/mol. The van der Waals surface area contributed by atoms with Gasteiger partial charge in [-0.3, -0.25) is 4.79 Å². The maximum Gasteiger partial charge on any atom is 0.134 e. The van der Waals surface area contributed by atoms with Gasteiger partial charge in [-0.1, -0.05) is 6.42 Å². The molecule has 2 fully saturated rings. The van der Waals surface area contributed by atoms with Gasteiger partial charge in [0.25, 0.3) is 0 Å². The molecule has 0 amide bonds. The third-order valence-corrected chi connectivity index (χ3v) is 4.43. The van der Waals surface area contributed by atoms with Crippen molar-refractivity contribution in [1.82, 2.24) is 5.32 Å². The summed E-state index contributed by atoms with van der Waals surface area (Å²) < 4.78 is 0. The molecular weight excluding hydrogens is 210 g/mol. The molecule has 2 bridgehead atoms. The average Bonchev–Trinajstić information content (AvgIpc) is 2.76. The van der Waals surface area contributed by atoms with Crippen LogP contribution in [0.25, 0.3) is 0 Å². The number of Topliss-reactive ketones (excluding diaryl/α,β-unsaturated/α-hetero) is 1. The van der Waals surface area contributed by atoms with E-state index in [0.717, 1.165) is 30.7 Å². The Morgan fingerprint density at radius 3 is 2.53 bits per heavy atom. The lowest BCUT2D eigenvalue weighted by molar-refractivity contribution is -0.120. The van der Waals surface area contributed by atoms with E-state index in [1.54, 1.807) is 0 Å². The first-order chi connectivity index (χ1) is 7.94. The van der Waals surface area contributed by atoms with Crippen molar-refractivity contribution in [2.75, 3.05) is 6.54 Å². The van der Waals surface area contributed by atoms with Crippen molar-refractivity contribution in [1.29, 1.82) is 0 Å². The maximum absolute atomic E-state index is 11.9. The predicted octanol–water partition coefficient (Wildman–Crippen LogP) is 3.16. The Labute approximate surface area is 106 Å². The molecule has 2 nitrogen and oxygen atoms in total. The van der Waals surface area contributed by atoms with Crippen LogP contribution in [0.15, 0.2) is 0 Å². The molecule has 0 radical (unpaired) electrons. The van der Waals surface area contributed by atoms with E-state index in [9.17, 15) is 4.79 Å². The molecule has 98 valence electrons. The highest BCUT2D eigenvalue weighted by Gasteiger charge is 2.39. The number of fused-ring (bicyclic) bond motifs is 2. The molecule has 0 aromatic rings. The van der Waals surface area contributed by atoms with Gasteiger partial charge in [0.05, 0.1) is 0 Å². The normalized spacial score (nSPS) is 32.1. The van der Waals surface area contributed by atoms with Crippen LogP contribution in [0.4, 0.5) is 0 Å². The van der Waals surface area contributed by atoms with Crippen LogP contribution in [-0.4, -0.2) is 17.9 Å².